The second-order valence-electron chi connectivity index (χ2n) is 5.67. The van der Waals surface area contributed by atoms with E-state index < -0.39 is 11.9 Å². The van der Waals surface area contributed by atoms with Crippen LogP contribution in [0.4, 0.5) is 0 Å². The van der Waals surface area contributed by atoms with Crippen molar-refractivity contribution in [1.82, 2.24) is 0 Å². The standard InChI is InChI=1S/C21H24O4/c1-3-24-19(22)15-18(21(23)25-4-2)20(16-11-7-5-8-12-16)17-13-9-6-10-14-17/h5-14,18,20H,3-4,15H2,1-2H3. The Morgan fingerprint density at radius 3 is 1.72 bits per heavy atom. The Balaban J connectivity index is 2.44. The maximum atomic E-state index is 12.6. The largest absolute Gasteiger partial charge is 0.466 e. The predicted octanol–water partition coefficient (Wildman–Crippen LogP) is 3.95. The van der Waals surface area contributed by atoms with Crippen molar-refractivity contribution < 1.29 is 19.1 Å². The van der Waals surface area contributed by atoms with E-state index in [2.05, 4.69) is 0 Å². The van der Waals surface area contributed by atoms with Gasteiger partial charge < -0.3 is 9.47 Å². The van der Waals surface area contributed by atoms with Gasteiger partial charge in [0.15, 0.2) is 0 Å². The molecule has 0 fully saturated rings. The second kappa shape index (κ2) is 9.62. The zero-order valence-corrected chi connectivity index (χ0v) is 14.7. The van der Waals surface area contributed by atoms with E-state index in [0.29, 0.717) is 0 Å². The third-order valence-corrected chi connectivity index (χ3v) is 4.00. The van der Waals surface area contributed by atoms with Gasteiger partial charge in [-0.2, -0.15) is 0 Å². The van der Waals surface area contributed by atoms with Crippen molar-refractivity contribution in [2.24, 2.45) is 5.92 Å². The van der Waals surface area contributed by atoms with Crippen molar-refractivity contribution in [2.75, 3.05) is 13.2 Å². The fourth-order valence-corrected chi connectivity index (χ4v) is 2.96. The predicted molar refractivity (Wildman–Crippen MR) is 96.1 cm³/mol. The Labute approximate surface area is 148 Å². The van der Waals surface area contributed by atoms with Crippen LogP contribution in [0, 0.1) is 5.92 Å². The van der Waals surface area contributed by atoms with Gasteiger partial charge in [-0.05, 0) is 25.0 Å². The van der Waals surface area contributed by atoms with Crippen molar-refractivity contribution in [1.29, 1.82) is 0 Å². The van der Waals surface area contributed by atoms with E-state index in [1.54, 1.807) is 13.8 Å². The van der Waals surface area contributed by atoms with Gasteiger partial charge in [-0.25, -0.2) is 0 Å². The maximum Gasteiger partial charge on any atom is 0.310 e. The molecule has 0 amide bonds. The highest BCUT2D eigenvalue weighted by molar-refractivity contribution is 5.81. The third-order valence-electron chi connectivity index (χ3n) is 4.00. The Hall–Kier alpha value is -2.62. The Morgan fingerprint density at radius 2 is 1.28 bits per heavy atom. The molecule has 132 valence electrons. The van der Waals surface area contributed by atoms with Crippen molar-refractivity contribution in [2.45, 2.75) is 26.2 Å². The molecule has 2 rings (SSSR count). The van der Waals surface area contributed by atoms with Gasteiger partial charge in [-0.15, -0.1) is 0 Å². The number of ether oxygens (including phenoxy) is 2. The Kier molecular flexibility index (Phi) is 7.20. The molecule has 0 N–H and O–H groups in total. The second-order valence-corrected chi connectivity index (χ2v) is 5.67. The molecule has 1 atom stereocenters. The van der Waals surface area contributed by atoms with Crippen LogP contribution in [0.3, 0.4) is 0 Å². The smallest absolute Gasteiger partial charge is 0.310 e. The third kappa shape index (κ3) is 5.18. The first-order valence-corrected chi connectivity index (χ1v) is 8.59. The van der Waals surface area contributed by atoms with Crippen LogP contribution < -0.4 is 0 Å². The molecule has 0 heterocycles. The van der Waals surface area contributed by atoms with Crippen LogP contribution in [0.1, 0.15) is 37.3 Å². The van der Waals surface area contributed by atoms with Crippen LogP contribution in [0.2, 0.25) is 0 Å². The zero-order chi connectivity index (χ0) is 18.1. The van der Waals surface area contributed by atoms with Crippen LogP contribution >= 0.6 is 0 Å². The lowest BCUT2D eigenvalue weighted by atomic mass is 9.79. The van der Waals surface area contributed by atoms with Crippen LogP contribution in [0.5, 0.6) is 0 Å². The lowest BCUT2D eigenvalue weighted by molar-refractivity contribution is -0.155. The summed E-state index contributed by atoms with van der Waals surface area (Å²) in [4.78, 5) is 24.7. The van der Waals surface area contributed by atoms with E-state index in [1.165, 1.54) is 0 Å². The summed E-state index contributed by atoms with van der Waals surface area (Å²) < 4.78 is 10.3. The van der Waals surface area contributed by atoms with Crippen LogP contribution in [-0.4, -0.2) is 25.2 Å². The number of benzene rings is 2. The summed E-state index contributed by atoms with van der Waals surface area (Å²) in [7, 11) is 0. The van der Waals surface area contributed by atoms with Gasteiger partial charge in [0, 0.05) is 5.92 Å². The summed E-state index contributed by atoms with van der Waals surface area (Å²) in [5, 5.41) is 0. The number of carbonyl (C=O) groups is 2. The van der Waals surface area contributed by atoms with Crippen molar-refractivity contribution in [3.63, 3.8) is 0 Å². The Bertz CT molecular complexity index is 627. The highest BCUT2D eigenvalue weighted by Gasteiger charge is 2.34. The molecule has 0 spiro atoms. The van der Waals surface area contributed by atoms with E-state index in [9.17, 15) is 9.59 Å². The Morgan fingerprint density at radius 1 is 0.800 bits per heavy atom. The molecular formula is C21H24O4. The summed E-state index contributed by atoms with van der Waals surface area (Å²) >= 11 is 0. The molecule has 0 saturated heterocycles. The highest BCUT2D eigenvalue weighted by atomic mass is 16.5. The van der Waals surface area contributed by atoms with Crippen molar-refractivity contribution in [3.05, 3.63) is 71.8 Å². The normalized spacial score (nSPS) is 11.8. The molecule has 2 aromatic rings. The van der Waals surface area contributed by atoms with Gasteiger partial charge >= 0.3 is 11.9 Å². The minimum absolute atomic E-state index is 0.0128. The summed E-state index contributed by atoms with van der Waals surface area (Å²) in [6.07, 6.45) is -0.0128. The van der Waals surface area contributed by atoms with Crippen molar-refractivity contribution in [3.8, 4) is 0 Å². The molecule has 4 heteroatoms. The monoisotopic (exact) mass is 340 g/mol. The van der Waals surface area contributed by atoms with Crippen LogP contribution in [0.25, 0.3) is 0 Å². The van der Waals surface area contributed by atoms with E-state index in [-0.39, 0.29) is 31.5 Å². The number of carbonyl (C=O) groups excluding carboxylic acids is 2. The zero-order valence-electron chi connectivity index (χ0n) is 14.7. The molecule has 2 aromatic carbocycles. The van der Waals surface area contributed by atoms with Crippen LogP contribution in [-0.2, 0) is 19.1 Å². The first kappa shape index (κ1) is 18.7. The van der Waals surface area contributed by atoms with Crippen LogP contribution in [0.15, 0.2) is 60.7 Å². The number of hydrogen-bond acceptors (Lipinski definition) is 4. The molecule has 0 aliphatic rings. The quantitative estimate of drug-likeness (QED) is 0.683. The number of rotatable bonds is 8. The number of esters is 2. The van der Waals surface area contributed by atoms with Crippen molar-refractivity contribution >= 4 is 11.9 Å². The molecule has 0 bridgehead atoms. The molecule has 4 nitrogen and oxygen atoms in total. The molecule has 0 aromatic heterocycles. The van der Waals surface area contributed by atoms with Gasteiger partial charge in [0.2, 0.25) is 0 Å². The van der Waals surface area contributed by atoms with E-state index >= 15 is 0 Å². The molecule has 25 heavy (non-hydrogen) atoms. The molecule has 0 aliphatic heterocycles. The van der Waals surface area contributed by atoms with Gasteiger partial charge in [-0.3, -0.25) is 9.59 Å². The minimum Gasteiger partial charge on any atom is -0.466 e. The fraction of sp³-hybridized carbons (Fsp3) is 0.333. The van der Waals surface area contributed by atoms with E-state index in [4.69, 9.17) is 9.47 Å². The lowest BCUT2D eigenvalue weighted by Gasteiger charge is -2.26. The first-order chi connectivity index (χ1) is 12.2. The average molecular weight is 340 g/mol. The maximum absolute atomic E-state index is 12.6. The average Bonchev–Trinajstić information content (AvgIpc) is 2.63. The van der Waals surface area contributed by atoms with Gasteiger partial charge in [0.05, 0.1) is 25.6 Å². The molecule has 0 radical (unpaired) electrons. The lowest BCUT2D eigenvalue weighted by Crippen LogP contribution is -2.28. The molecule has 0 saturated carbocycles. The SMILES string of the molecule is CCOC(=O)CC(C(=O)OCC)C(c1ccccc1)c1ccccc1. The topological polar surface area (TPSA) is 52.6 Å². The molecular weight excluding hydrogens is 316 g/mol. The first-order valence-electron chi connectivity index (χ1n) is 8.59. The molecule has 0 aliphatic carbocycles. The van der Waals surface area contributed by atoms with Gasteiger partial charge in [0.1, 0.15) is 0 Å². The molecule has 1 unspecified atom stereocenters. The van der Waals surface area contributed by atoms with Gasteiger partial charge in [-0.1, -0.05) is 60.7 Å². The minimum atomic E-state index is -0.635. The highest BCUT2D eigenvalue weighted by Crippen LogP contribution is 2.35. The summed E-state index contributed by atoms with van der Waals surface area (Å²) in [5.41, 5.74) is 1.94. The summed E-state index contributed by atoms with van der Waals surface area (Å²) in [6, 6.07) is 19.4. The fourth-order valence-electron chi connectivity index (χ4n) is 2.96. The summed E-state index contributed by atoms with van der Waals surface area (Å²) in [5.74, 6) is -1.68. The number of hydrogen-bond donors (Lipinski definition) is 0. The summed E-state index contributed by atoms with van der Waals surface area (Å²) in [6.45, 7) is 4.08. The van der Waals surface area contributed by atoms with E-state index in [1.807, 2.05) is 60.7 Å². The van der Waals surface area contributed by atoms with Gasteiger partial charge in [0.25, 0.3) is 0 Å². The van der Waals surface area contributed by atoms with E-state index in [0.717, 1.165) is 11.1 Å².